The van der Waals surface area contributed by atoms with E-state index in [0.717, 1.165) is 43.5 Å². The molecule has 0 N–H and O–H groups in total. The van der Waals surface area contributed by atoms with Gasteiger partial charge in [0.2, 0.25) is 5.91 Å². The molecule has 22 heavy (non-hydrogen) atoms. The molecule has 3 nitrogen and oxygen atoms in total. The number of Topliss-reactive ketones (excluding diaryl/α,β-unsaturated/α-hetero) is 1. The highest BCUT2D eigenvalue weighted by molar-refractivity contribution is 6.01. The number of nitrogens with zero attached hydrogens (tertiary/aromatic N) is 1. The summed E-state index contributed by atoms with van der Waals surface area (Å²) in [5, 5.41) is 0. The first-order valence-electron chi connectivity index (χ1n) is 8.59. The molecule has 1 unspecified atom stereocenters. The molecule has 0 saturated heterocycles. The second-order valence-electron chi connectivity index (χ2n) is 6.74. The van der Waals surface area contributed by atoms with Gasteiger partial charge < -0.3 is 4.90 Å². The normalized spacial score (nSPS) is 20.6. The van der Waals surface area contributed by atoms with E-state index in [-0.39, 0.29) is 17.6 Å². The van der Waals surface area contributed by atoms with Gasteiger partial charge in [-0.3, -0.25) is 9.59 Å². The molecule has 118 valence electrons. The number of rotatable bonds is 6. The van der Waals surface area contributed by atoms with Crippen LogP contribution in [0, 0.1) is 11.8 Å². The molecule has 0 heterocycles. The van der Waals surface area contributed by atoms with Crippen LogP contribution in [0.25, 0.3) is 0 Å². The average molecular weight is 299 g/mol. The zero-order valence-corrected chi connectivity index (χ0v) is 13.4. The number of carbonyl (C=O) groups is 2. The maximum atomic E-state index is 12.6. The lowest BCUT2D eigenvalue weighted by atomic mass is 9.81. The molecule has 3 rings (SSSR count). The van der Waals surface area contributed by atoms with Gasteiger partial charge in [0.1, 0.15) is 0 Å². The first-order chi connectivity index (χ1) is 10.7. The van der Waals surface area contributed by atoms with Crippen LogP contribution in [0.3, 0.4) is 0 Å². The number of benzene rings is 1. The number of hydrogen-bond acceptors (Lipinski definition) is 2. The van der Waals surface area contributed by atoms with Crippen molar-refractivity contribution in [2.45, 2.75) is 45.4 Å². The van der Waals surface area contributed by atoms with Gasteiger partial charge in [-0.1, -0.05) is 31.2 Å². The summed E-state index contributed by atoms with van der Waals surface area (Å²) in [6.07, 6.45) is 5.60. The fraction of sp³-hybridized carbons (Fsp3) is 0.579. The van der Waals surface area contributed by atoms with E-state index in [1.165, 1.54) is 12.8 Å². The average Bonchev–Trinajstić information content (AvgIpc) is 3.34. The summed E-state index contributed by atoms with van der Waals surface area (Å²) in [6.45, 7) is 3.83. The van der Waals surface area contributed by atoms with Gasteiger partial charge in [-0.2, -0.15) is 0 Å². The minimum atomic E-state index is -0.124. The number of hydrogen-bond donors (Lipinski definition) is 0. The van der Waals surface area contributed by atoms with Crippen LogP contribution in [0.1, 0.15) is 54.9 Å². The molecule has 1 atom stereocenters. The summed E-state index contributed by atoms with van der Waals surface area (Å²) in [5.41, 5.74) is 1.97. The van der Waals surface area contributed by atoms with Crippen LogP contribution in [0.4, 0.5) is 0 Å². The smallest absolute Gasteiger partial charge is 0.223 e. The van der Waals surface area contributed by atoms with Crippen LogP contribution >= 0.6 is 0 Å². The van der Waals surface area contributed by atoms with Crippen molar-refractivity contribution in [1.29, 1.82) is 0 Å². The van der Waals surface area contributed by atoms with Crippen LogP contribution in [-0.2, 0) is 11.2 Å². The van der Waals surface area contributed by atoms with Gasteiger partial charge in [0, 0.05) is 31.0 Å². The Kier molecular flexibility index (Phi) is 4.60. The minimum absolute atomic E-state index is 0.124. The molecule has 0 aromatic heterocycles. The largest absolute Gasteiger partial charge is 0.342 e. The summed E-state index contributed by atoms with van der Waals surface area (Å²) in [4.78, 5) is 27.2. The molecule has 0 bridgehead atoms. The lowest BCUT2D eigenvalue weighted by Gasteiger charge is -2.27. The van der Waals surface area contributed by atoms with Crippen molar-refractivity contribution in [2.75, 3.05) is 13.1 Å². The van der Waals surface area contributed by atoms with Gasteiger partial charge in [0.15, 0.2) is 5.78 Å². The van der Waals surface area contributed by atoms with Crippen molar-refractivity contribution >= 4 is 11.7 Å². The molecule has 1 aromatic carbocycles. The van der Waals surface area contributed by atoms with E-state index < -0.39 is 0 Å². The number of aryl methyl sites for hydroxylation is 1. The first-order valence-corrected chi connectivity index (χ1v) is 8.59. The third kappa shape index (κ3) is 3.40. The molecule has 0 radical (unpaired) electrons. The monoisotopic (exact) mass is 299 g/mol. The van der Waals surface area contributed by atoms with E-state index in [1.807, 2.05) is 29.2 Å². The fourth-order valence-electron chi connectivity index (χ4n) is 3.39. The van der Waals surface area contributed by atoms with Crippen LogP contribution in [0.15, 0.2) is 24.3 Å². The Bertz CT molecular complexity index is 562. The number of amides is 1. The molecule has 3 heteroatoms. The van der Waals surface area contributed by atoms with Crippen LogP contribution in [0.2, 0.25) is 0 Å². The highest BCUT2D eigenvalue weighted by atomic mass is 16.2. The maximum Gasteiger partial charge on any atom is 0.223 e. The predicted molar refractivity (Wildman–Crippen MR) is 86.8 cm³/mol. The molecule has 1 saturated carbocycles. The molecule has 2 aliphatic rings. The van der Waals surface area contributed by atoms with Gasteiger partial charge in [0.25, 0.3) is 0 Å². The van der Waals surface area contributed by atoms with Gasteiger partial charge in [0.05, 0.1) is 0 Å². The zero-order chi connectivity index (χ0) is 15.5. The van der Waals surface area contributed by atoms with Gasteiger partial charge >= 0.3 is 0 Å². The molecule has 0 aliphatic heterocycles. The van der Waals surface area contributed by atoms with E-state index >= 15 is 0 Å². The van der Waals surface area contributed by atoms with Crippen LogP contribution in [-0.4, -0.2) is 29.7 Å². The Morgan fingerprint density at radius 1 is 1.23 bits per heavy atom. The first kappa shape index (κ1) is 15.3. The van der Waals surface area contributed by atoms with Crippen LogP contribution in [0.5, 0.6) is 0 Å². The third-order valence-electron chi connectivity index (χ3n) is 4.86. The van der Waals surface area contributed by atoms with E-state index in [9.17, 15) is 9.59 Å². The Hall–Kier alpha value is -1.64. The standard InChI is InChI=1S/C19H25NO2/c1-2-11-20(13-14-7-8-14)18(21)12-16-10-9-15-5-3-4-6-17(15)19(16)22/h3-6,14,16H,2,7-13H2,1H3. The molecule has 1 aromatic rings. The molecule has 2 aliphatic carbocycles. The van der Waals surface area contributed by atoms with Gasteiger partial charge in [-0.25, -0.2) is 0 Å². The lowest BCUT2D eigenvalue weighted by molar-refractivity contribution is -0.132. The van der Waals surface area contributed by atoms with E-state index in [2.05, 4.69) is 6.92 Å². The van der Waals surface area contributed by atoms with E-state index in [4.69, 9.17) is 0 Å². The van der Waals surface area contributed by atoms with Crippen molar-refractivity contribution in [2.24, 2.45) is 11.8 Å². The number of ketones is 1. The highest BCUT2D eigenvalue weighted by Gasteiger charge is 2.32. The number of fused-ring (bicyclic) bond motifs is 1. The Morgan fingerprint density at radius 3 is 2.73 bits per heavy atom. The third-order valence-corrected chi connectivity index (χ3v) is 4.86. The minimum Gasteiger partial charge on any atom is -0.342 e. The van der Waals surface area contributed by atoms with Gasteiger partial charge in [-0.15, -0.1) is 0 Å². The molecule has 1 amide bonds. The molecule has 1 fully saturated rings. The van der Waals surface area contributed by atoms with E-state index in [0.29, 0.717) is 12.3 Å². The summed E-state index contributed by atoms with van der Waals surface area (Å²) in [6, 6.07) is 7.83. The van der Waals surface area contributed by atoms with Gasteiger partial charge in [-0.05, 0) is 43.6 Å². The van der Waals surface area contributed by atoms with Crippen molar-refractivity contribution in [3.63, 3.8) is 0 Å². The quantitative estimate of drug-likeness (QED) is 0.806. The van der Waals surface area contributed by atoms with Crippen molar-refractivity contribution < 1.29 is 9.59 Å². The number of carbonyl (C=O) groups excluding carboxylic acids is 2. The SMILES string of the molecule is CCCN(CC1CC1)C(=O)CC1CCc2ccccc2C1=O. The topological polar surface area (TPSA) is 37.4 Å². The Labute approximate surface area is 132 Å². The molecule has 0 spiro atoms. The van der Waals surface area contributed by atoms with Crippen molar-refractivity contribution in [3.8, 4) is 0 Å². The summed E-state index contributed by atoms with van der Waals surface area (Å²) in [5.74, 6) is 0.920. The summed E-state index contributed by atoms with van der Waals surface area (Å²) >= 11 is 0. The lowest BCUT2D eigenvalue weighted by Crippen LogP contribution is -2.36. The second-order valence-corrected chi connectivity index (χ2v) is 6.74. The summed E-state index contributed by atoms with van der Waals surface area (Å²) < 4.78 is 0. The predicted octanol–water partition coefficient (Wildman–Crippen LogP) is 3.47. The maximum absolute atomic E-state index is 12.6. The highest BCUT2D eigenvalue weighted by Crippen LogP contribution is 2.31. The molecular formula is C19H25NO2. The zero-order valence-electron chi connectivity index (χ0n) is 13.4. The fourth-order valence-corrected chi connectivity index (χ4v) is 3.39. The van der Waals surface area contributed by atoms with Crippen molar-refractivity contribution in [3.05, 3.63) is 35.4 Å². The summed E-state index contributed by atoms with van der Waals surface area (Å²) in [7, 11) is 0. The van der Waals surface area contributed by atoms with E-state index in [1.54, 1.807) is 0 Å². The van der Waals surface area contributed by atoms with Crippen LogP contribution < -0.4 is 0 Å². The molecular weight excluding hydrogens is 274 g/mol. The Balaban J connectivity index is 1.64. The second kappa shape index (κ2) is 6.64. The Morgan fingerprint density at radius 2 is 2.00 bits per heavy atom. The van der Waals surface area contributed by atoms with Crippen molar-refractivity contribution in [1.82, 2.24) is 4.90 Å².